The minimum Gasteiger partial charge on any atom is -0.245 e. The standard InChI is InChI=1S/C7H7N3S/c1-2-11-7-5-9-6(3-8)4-10-7/h4-5H,2H2,1H3. The lowest BCUT2D eigenvalue weighted by molar-refractivity contribution is 1.04. The highest BCUT2D eigenvalue weighted by Crippen LogP contribution is 2.11. The number of thioether (sulfide) groups is 1. The van der Waals surface area contributed by atoms with Crippen LogP contribution in [0, 0.1) is 11.3 Å². The summed E-state index contributed by atoms with van der Waals surface area (Å²) in [5, 5.41) is 9.27. The second-order valence-corrected chi connectivity index (χ2v) is 3.07. The second kappa shape index (κ2) is 3.94. The summed E-state index contributed by atoms with van der Waals surface area (Å²) in [5.41, 5.74) is 0.366. The predicted molar refractivity (Wildman–Crippen MR) is 43.1 cm³/mol. The van der Waals surface area contributed by atoms with Crippen LogP contribution in [-0.4, -0.2) is 15.7 Å². The smallest absolute Gasteiger partial charge is 0.158 e. The zero-order valence-electron chi connectivity index (χ0n) is 6.11. The van der Waals surface area contributed by atoms with Crippen LogP contribution in [0.5, 0.6) is 0 Å². The molecule has 0 saturated heterocycles. The molecule has 0 amide bonds. The molecule has 0 atom stereocenters. The van der Waals surface area contributed by atoms with Gasteiger partial charge < -0.3 is 0 Å². The molecule has 11 heavy (non-hydrogen) atoms. The third-order valence-electron chi connectivity index (χ3n) is 1.03. The van der Waals surface area contributed by atoms with Gasteiger partial charge in [-0.15, -0.1) is 11.8 Å². The van der Waals surface area contributed by atoms with E-state index in [-0.39, 0.29) is 0 Å². The van der Waals surface area contributed by atoms with Gasteiger partial charge in [-0.1, -0.05) is 6.92 Å². The Bertz CT molecular complexity index is 262. The van der Waals surface area contributed by atoms with Crippen molar-refractivity contribution in [2.24, 2.45) is 0 Å². The van der Waals surface area contributed by atoms with E-state index in [4.69, 9.17) is 5.26 Å². The van der Waals surface area contributed by atoms with Gasteiger partial charge in [-0.2, -0.15) is 5.26 Å². The maximum Gasteiger partial charge on any atom is 0.158 e. The van der Waals surface area contributed by atoms with Gasteiger partial charge in [-0.05, 0) is 5.75 Å². The summed E-state index contributed by atoms with van der Waals surface area (Å²) in [4.78, 5) is 7.89. The average Bonchev–Trinajstić information content (AvgIpc) is 2.07. The Morgan fingerprint density at radius 2 is 2.36 bits per heavy atom. The third kappa shape index (κ3) is 2.20. The van der Waals surface area contributed by atoms with Crippen LogP contribution in [0.1, 0.15) is 12.6 Å². The lowest BCUT2D eigenvalue weighted by atomic mass is 10.5. The number of aromatic nitrogens is 2. The van der Waals surface area contributed by atoms with Crippen molar-refractivity contribution in [3.63, 3.8) is 0 Å². The van der Waals surface area contributed by atoms with Crippen molar-refractivity contribution in [2.75, 3.05) is 5.75 Å². The molecule has 1 aromatic rings. The minimum absolute atomic E-state index is 0.366. The lowest BCUT2D eigenvalue weighted by Gasteiger charge is -1.93. The molecule has 1 heterocycles. The fourth-order valence-corrected chi connectivity index (χ4v) is 1.15. The summed E-state index contributed by atoms with van der Waals surface area (Å²) in [6.45, 7) is 2.05. The average molecular weight is 165 g/mol. The van der Waals surface area contributed by atoms with Crippen LogP contribution in [0.4, 0.5) is 0 Å². The van der Waals surface area contributed by atoms with E-state index in [9.17, 15) is 0 Å². The van der Waals surface area contributed by atoms with E-state index in [0.29, 0.717) is 5.69 Å². The van der Waals surface area contributed by atoms with Crippen LogP contribution < -0.4 is 0 Å². The zero-order chi connectivity index (χ0) is 8.10. The Hall–Kier alpha value is -1.08. The zero-order valence-corrected chi connectivity index (χ0v) is 6.93. The van der Waals surface area contributed by atoms with Crippen molar-refractivity contribution in [1.29, 1.82) is 5.26 Å². The molecule has 0 aliphatic carbocycles. The molecular formula is C7H7N3S. The maximum atomic E-state index is 8.40. The lowest BCUT2D eigenvalue weighted by Crippen LogP contribution is -1.86. The first kappa shape index (κ1) is 8.02. The monoisotopic (exact) mass is 165 g/mol. The van der Waals surface area contributed by atoms with E-state index in [2.05, 4.69) is 9.97 Å². The highest BCUT2D eigenvalue weighted by Gasteiger charge is 1.94. The van der Waals surface area contributed by atoms with E-state index < -0.39 is 0 Å². The van der Waals surface area contributed by atoms with Crippen LogP contribution >= 0.6 is 11.8 Å². The van der Waals surface area contributed by atoms with E-state index in [1.165, 1.54) is 6.20 Å². The van der Waals surface area contributed by atoms with Gasteiger partial charge in [0.2, 0.25) is 0 Å². The van der Waals surface area contributed by atoms with Gasteiger partial charge >= 0.3 is 0 Å². The van der Waals surface area contributed by atoms with Gasteiger partial charge in [-0.3, -0.25) is 0 Å². The number of nitrogens with zero attached hydrogens (tertiary/aromatic N) is 3. The van der Waals surface area contributed by atoms with Crippen molar-refractivity contribution >= 4 is 11.8 Å². The molecule has 0 aromatic carbocycles. The van der Waals surface area contributed by atoms with Crippen LogP contribution in [0.25, 0.3) is 0 Å². The summed E-state index contributed by atoms with van der Waals surface area (Å²) in [7, 11) is 0. The second-order valence-electron chi connectivity index (χ2n) is 1.78. The largest absolute Gasteiger partial charge is 0.245 e. The first-order valence-corrected chi connectivity index (χ1v) is 4.20. The van der Waals surface area contributed by atoms with Crippen LogP contribution in [0.2, 0.25) is 0 Å². The van der Waals surface area contributed by atoms with Crippen LogP contribution in [0.3, 0.4) is 0 Å². The minimum atomic E-state index is 0.366. The maximum absolute atomic E-state index is 8.40. The summed E-state index contributed by atoms with van der Waals surface area (Å²) in [6, 6.07) is 1.91. The van der Waals surface area contributed by atoms with E-state index in [1.807, 2.05) is 13.0 Å². The molecule has 1 rings (SSSR count). The molecule has 0 saturated carbocycles. The molecule has 0 unspecified atom stereocenters. The summed E-state index contributed by atoms with van der Waals surface area (Å²) in [5.74, 6) is 0.973. The predicted octanol–water partition coefficient (Wildman–Crippen LogP) is 1.46. The Morgan fingerprint density at radius 3 is 2.82 bits per heavy atom. The molecule has 0 aliphatic heterocycles. The molecule has 0 bridgehead atoms. The van der Waals surface area contributed by atoms with Crippen molar-refractivity contribution in [3.05, 3.63) is 18.1 Å². The van der Waals surface area contributed by atoms with E-state index in [1.54, 1.807) is 18.0 Å². The SMILES string of the molecule is CCSc1cnc(C#N)cn1. The Morgan fingerprint density at radius 1 is 1.55 bits per heavy atom. The van der Waals surface area contributed by atoms with Crippen molar-refractivity contribution in [1.82, 2.24) is 9.97 Å². The van der Waals surface area contributed by atoms with Crippen LogP contribution in [0.15, 0.2) is 17.4 Å². The Labute approximate surface area is 69.5 Å². The van der Waals surface area contributed by atoms with E-state index in [0.717, 1.165) is 10.8 Å². The topological polar surface area (TPSA) is 49.6 Å². The molecule has 3 nitrogen and oxygen atoms in total. The first-order valence-electron chi connectivity index (χ1n) is 3.21. The van der Waals surface area contributed by atoms with Gasteiger partial charge in [0, 0.05) is 0 Å². The molecule has 0 radical (unpaired) electrons. The summed E-state index contributed by atoms with van der Waals surface area (Å²) in [6.07, 6.45) is 3.10. The van der Waals surface area contributed by atoms with Gasteiger partial charge in [-0.25, -0.2) is 9.97 Å². The van der Waals surface area contributed by atoms with Gasteiger partial charge in [0.05, 0.1) is 12.4 Å². The molecule has 0 fully saturated rings. The molecule has 0 aliphatic rings. The highest BCUT2D eigenvalue weighted by molar-refractivity contribution is 7.99. The van der Waals surface area contributed by atoms with Crippen molar-refractivity contribution in [2.45, 2.75) is 11.9 Å². The molecule has 56 valence electrons. The van der Waals surface area contributed by atoms with Crippen molar-refractivity contribution in [3.8, 4) is 6.07 Å². The molecule has 1 aromatic heterocycles. The summed E-state index contributed by atoms with van der Waals surface area (Å²) < 4.78 is 0. The van der Waals surface area contributed by atoms with Crippen molar-refractivity contribution < 1.29 is 0 Å². The quantitative estimate of drug-likeness (QED) is 0.622. The normalized spacial score (nSPS) is 9.09. The number of hydrogen-bond acceptors (Lipinski definition) is 4. The summed E-state index contributed by atoms with van der Waals surface area (Å²) >= 11 is 1.61. The molecule has 0 N–H and O–H groups in total. The fraction of sp³-hybridized carbons (Fsp3) is 0.286. The highest BCUT2D eigenvalue weighted by atomic mass is 32.2. The third-order valence-corrected chi connectivity index (χ3v) is 1.83. The number of nitriles is 1. The van der Waals surface area contributed by atoms with Gasteiger partial charge in [0.15, 0.2) is 5.69 Å². The number of rotatable bonds is 2. The first-order chi connectivity index (χ1) is 5.36. The Balaban J connectivity index is 2.76. The molecule has 4 heteroatoms. The molecular weight excluding hydrogens is 158 g/mol. The van der Waals surface area contributed by atoms with E-state index >= 15 is 0 Å². The van der Waals surface area contributed by atoms with Gasteiger partial charge in [0.1, 0.15) is 11.1 Å². The molecule has 0 spiro atoms. The fourth-order valence-electron chi connectivity index (χ4n) is 0.596. The van der Waals surface area contributed by atoms with Gasteiger partial charge in [0.25, 0.3) is 0 Å². The van der Waals surface area contributed by atoms with Crippen LogP contribution in [-0.2, 0) is 0 Å². The Kier molecular flexibility index (Phi) is 2.87. The number of hydrogen-bond donors (Lipinski definition) is 0.